The van der Waals surface area contributed by atoms with E-state index in [0.29, 0.717) is 13.0 Å². The minimum atomic E-state index is -0.487. The predicted octanol–water partition coefficient (Wildman–Crippen LogP) is 0.0875. The molecule has 1 rings (SSSR count). The topological polar surface area (TPSA) is 68.0 Å². The maximum Gasteiger partial charge on any atom is 0.237 e. The lowest BCUT2D eigenvalue weighted by Crippen LogP contribution is -2.41. The van der Waals surface area contributed by atoms with Gasteiger partial charge in [-0.25, -0.2) is 0 Å². The first-order valence-corrected chi connectivity index (χ1v) is 4.66. The number of nitrogens with two attached hydrogens (primary N) is 1. The molecule has 1 atom stereocenters. The number of nitrogens with zero attached hydrogens (tertiary/aromatic N) is 1. The molecule has 0 bridgehead atoms. The van der Waals surface area contributed by atoms with Crippen molar-refractivity contribution in [3.05, 3.63) is 30.1 Å². The molecule has 0 aromatic carbocycles. The fourth-order valence-electron chi connectivity index (χ4n) is 1.17. The molecule has 0 fully saturated rings. The predicted molar refractivity (Wildman–Crippen MR) is 54.6 cm³/mol. The molecule has 0 saturated carbocycles. The van der Waals surface area contributed by atoms with Gasteiger partial charge < -0.3 is 11.1 Å². The molecule has 1 unspecified atom stereocenters. The highest BCUT2D eigenvalue weighted by Crippen LogP contribution is 1.99. The van der Waals surface area contributed by atoms with Crippen molar-refractivity contribution in [3.63, 3.8) is 0 Å². The molecular formula is C10H15N3O. The Morgan fingerprint density at radius 2 is 2.50 bits per heavy atom. The van der Waals surface area contributed by atoms with Gasteiger partial charge in [0.05, 0.1) is 6.04 Å². The Kier molecular flexibility index (Phi) is 4.07. The van der Waals surface area contributed by atoms with Gasteiger partial charge in [0.25, 0.3) is 0 Å². The van der Waals surface area contributed by atoms with Crippen molar-refractivity contribution in [3.8, 4) is 0 Å². The third kappa shape index (κ3) is 3.14. The molecule has 3 N–H and O–H groups in total. The highest BCUT2D eigenvalue weighted by atomic mass is 16.2. The summed E-state index contributed by atoms with van der Waals surface area (Å²) in [4.78, 5) is 15.2. The molecule has 4 nitrogen and oxygen atoms in total. The van der Waals surface area contributed by atoms with Crippen LogP contribution < -0.4 is 11.1 Å². The third-order valence-electron chi connectivity index (χ3n) is 1.87. The second-order valence-corrected chi connectivity index (χ2v) is 3.07. The van der Waals surface area contributed by atoms with Crippen molar-refractivity contribution in [2.45, 2.75) is 19.4 Å². The highest BCUT2D eigenvalue weighted by molar-refractivity contribution is 5.81. The molecule has 0 saturated heterocycles. The van der Waals surface area contributed by atoms with Crippen molar-refractivity contribution < 1.29 is 4.79 Å². The van der Waals surface area contributed by atoms with E-state index in [1.165, 1.54) is 0 Å². The summed E-state index contributed by atoms with van der Waals surface area (Å²) in [5.41, 5.74) is 6.67. The number of hydrogen-bond acceptors (Lipinski definition) is 3. The SMILES string of the molecule is CCNC(=O)C(N)Cc1cccnc1. The van der Waals surface area contributed by atoms with Gasteiger partial charge in [-0.15, -0.1) is 0 Å². The van der Waals surface area contributed by atoms with Crippen molar-refractivity contribution >= 4 is 5.91 Å². The van der Waals surface area contributed by atoms with Gasteiger partial charge in [-0.2, -0.15) is 0 Å². The molecule has 1 aromatic heterocycles. The van der Waals surface area contributed by atoms with Gasteiger partial charge in [0.2, 0.25) is 5.91 Å². The summed E-state index contributed by atoms with van der Waals surface area (Å²) in [5, 5.41) is 2.68. The van der Waals surface area contributed by atoms with Gasteiger partial charge in [0.15, 0.2) is 0 Å². The molecule has 1 aromatic rings. The Hall–Kier alpha value is -1.42. The molecule has 0 aliphatic carbocycles. The minimum Gasteiger partial charge on any atom is -0.355 e. The van der Waals surface area contributed by atoms with E-state index in [1.807, 2.05) is 19.1 Å². The van der Waals surface area contributed by atoms with Crippen LogP contribution in [0.2, 0.25) is 0 Å². The lowest BCUT2D eigenvalue weighted by Gasteiger charge is -2.10. The van der Waals surface area contributed by atoms with Crippen LogP contribution in [0.5, 0.6) is 0 Å². The van der Waals surface area contributed by atoms with Crippen LogP contribution in [0.3, 0.4) is 0 Å². The molecule has 0 radical (unpaired) electrons. The Labute approximate surface area is 83.5 Å². The summed E-state index contributed by atoms with van der Waals surface area (Å²) in [6.07, 6.45) is 3.94. The molecule has 4 heteroatoms. The molecule has 0 aliphatic rings. The van der Waals surface area contributed by atoms with E-state index in [2.05, 4.69) is 10.3 Å². The number of likely N-dealkylation sites (N-methyl/N-ethyl adjacent to an activating group) is 1. The molecule has 0 aliphatic heterocycles. The second kappa shape index (κ2) is 5.34. The molecular weight excluding hydrogens is 178 g/mol. The van der Waals surface area contributed by atoms with Crippen LogP contribution in [0.1, 0.15) is 12.5 Å². The van der Waals surface area contributed by atoms with Crippen molar-refractivity contribution in [2.75, 3.05) is 6.54 Å². The van der Waals surface area contributed by atoms with E-state index in [4.69, 9.17) is 5.73 Å². The molecule has 76 valence electrons. The zero-order valence-electron chi connectivity index (χ0n) is 8.23. The number of hydrogen-bond donors (Lipinski definition) is 2. The maximum atomic E-state index is 11.3. The van der Waals surface area contributed by atoms with E-state index in [1.54, 1.807) is 12.4 Å². The second-order valence-electron chi connectivity index (χ2n) is 3.07. The van der Waals surface area contributed by atoms with Crippen molar-refractivity contribution in [1.82, 2.24) is 10.3 Å². The Balaban J connectivity index is 2.49. The van der Waals surface area contributed by atoms with Crippen molar-refractivity contribution in [2.24, 2.45) is 5.73 Å². The molecule has 0 spiro atoms. The first-order chi connectivity index (χ1) is 6.74. The van der Waals surface area contributed by atoms with Gasteiger partial charge in [0, 0.05) is 18.9 Å². The normalized spacial score (nSPS) is 12.1. The van der Waals surface area contributed by atoms with Gasteiger partial charge >= 0.3 is 0 Å². The zero-order chi connectivity index (χ0) is 10.4. The fraction of sp³-hybridized carbons (Fsp3) is 0.400. The van der Waals surface area contributed by atoms with Crippen LogP contribution in [0, 0.1) is 0 Å². The lowest BCUT2D eigenvalue weighted by molar-refractivity contribution is -0.122. The first-order valence-electron chi connectivity index (χ1n) is 4.66. The number of carbonyl (C=O) groups excluding carboxylic acids is 1. The van der Waals surface area contributed by atoms with Gasteiger partial charge in [-0.1, -0.05) is 6.07 Å². The number of amides is 1. The average Bonchev–Trinajstić information content (AvgIpc) is 2.19. The van der Waals surface area contributed by atoms with Crippen LogP contribution in [0.15, 0.2) is 24.5 Å². The first kappa shape index (κ1) is 10.7. The number of aromatic nitrogens is 1. The van der Waals surface area contributed by atoms with Crippen LogP contribution in [0.25, 0.3) is 0 Å². The monoisotopic (exact) mass is 193 g/mol. The standard InChI is InChI=1S/C10H15N3O/c1-2-13-10(14)9(11)6-8-4-3-5-12-7-8/h3-5,7,9H,2,6,11H2,1H3,(H,13,14). The van der Waals surface area contributed by atoms with E-state index in [0.717, 1.165) is 5.56 Å². The Morgan fingerprint density at radius 1 is 1.71 bits per heavy atom. The van der Waals surface area contributed by atoms with Crippen LogP contribution in [-0.4, -0.2) is 23.5 Å². The average molecular weight is 193 g/mol. The fourth-order valence-corrected chi connectivity index (χ4v) is 1.17. The summed E-state index contributed by atoms with van der Waals surface area (Å²) in [6.45, 7) is 2.48. The number of rotatable bonds is 4. The molecule has 1 amide bonds. The van der Waals surface area contributed by atoms with Crippen LogP contribution in [-0.2, 0) is 11.2 Å². The maximum absolute atomic E-state index is 11.3. The Morgan fingerprint density at radius 3 is 3.07 bits per heavy atom. The molecule has 14 heavy (non-hydrogen) atoms. The quantitative estimate of drug-likeness (QED) is 0.712. The zero-order valence-corrected chi connectivity index (χ0v) is 8.23. The molecule has 1 heterocycles. The van der Waals surface area contributed by atoms with E-state index < -0.39 is 6.04 Å². The summed E-state index contributed by atoms with van der Waals surface area (Å²) in [5.74, 6) is -0.114. The summed E-state index contributed by atoms with van der Waals surface area (Å²) in [6, 6.07) is 3.26. The van der Waals surface area contributed by atoms with Crippen molar-refractivity contribution in [1.29, 1.82) is 0 Å². The largest absolute Gasteiger partial charge is 0.355 e. The van der Waals surface area contributed by atoms with Gasteiger partial charge in [-0.3, -0.25) is 9.78 Å². The van der Waals surface area contributed by atoms with Crippen LogP contribution in [0.4, 0.5) is 0 Å². The number of carbonyl (C=O) groups is 1. The van der Waals surface area contributed by atoms with Crippen LogP contribution >= 0.6 is 0 Å². The van der Waals surface area contributed by atoms with E-state index in [-0.39, 0.29) is 5.91 Å². The summed E-state index contributed by atoms with van der Waals surface area (Å²) < 4.78 is 0. The third-order valence-corrected chi connectivity index (χ3v) is 1.87. The number of pyridine rings is 1. The van der Waals surface area contributed by atoms with E-state index >= 15 is 0 Å². The summed E-state index contributed by atoms with van der Waals surface area (Å²) >= 11 is 0. The highest BCUT2D eigenvalue weighted by Gasteiger charge is 2.12. The van der Waals surface area contributed by atoms with Gasteiger partial charge in [-0.05, 0) is 25.0 Å². The number of nitrogens with one attached hydrogen (secondary N) is 1. The smallest absolute Gasteiger partial charge is 0.237 e. The van der Waals surface area contributed by atoms with E-state index in [9.17, 15) is 4.79 Å². The minimum absolute atomic E-state index is 0.114. The van der Waals surface area contributed by atoms with Gasteiger partial charge in [0.1, 0.15) is 0 Å². The lowest BCUT2D eigenvalue weighted by atomic mass is 10.1. The summed E-state index contributed by atoms with van der Waals surface area (Å²) in [7, 11) is 0. The Bertz CT molecular complexity index is 287.